The van der Waals surface area contributed by atoms with Crippen LogP contribution in [-0.2, 0) is 17.8 Å². The molecular formula is C17H11BrClN7O2. The van der Waals surface area contributed by atoms with Crippen molar-refractivity contribution in [1.29, 1.82) is 5.26 Å². The van der Waals surface area contributed by atoms with Crippen molar-refractivity contribution in [2.45, 2.75) is 19.1 Å². The Balaban J connectivity index is 1.61. The van der Waals surface area contributed by atoms with Gasteiger partial charge in [-0.05, 0) is 18.2 Å². The lowest BCUT2D eigenvalue weighted by atomic mass is 10.1. The van der Waals surface area contributed by atoms with Crippen LogP contribution in [0.1, 0.15) is 11.5 Å². The van der Waals surface area contributed by atoms with Crippen LogP contribution in [0.25, 0.3) is 17.1 Å². The van der Waals surface area contributed by atoms with Crippen molar-refractivity contribution in [3.63, 3.8) is 0 Å². The number of carbonyl (C=O) groups is 1. The number of halogens is 2. The Morgan fingerprint density at radius 2 is 2.29 bits per heavy atom. The van der Waals surface area contributed by atoms with Gasteiger partial charge in [-0.1, -0.05) is 27.5 Å². The fourth-order valence-corrected chi connectivity index (χ4v) is 3.95. The molecule has 1 unspecified atom stereocenters. The van der Waals surface area contributed by atoms with Crippen molar-refractivity contribution in [3.05, 3.63) is 45.7 Å². The number of cyclic esters (lactones) is 1. The number of nitrogens with zero attached hydrogens (tertiary/aromatic N) is 7. The molecule has 2 aromatic heterocycles. The summed E-state index contributed by atoms with van der Waals surface area (Å²) in [5.74, 6) is 1.07. The van der Waals surface area contributed by atoms with Crippen molar-refractivity contribution in [2.24, 2.45) is 0 Å². The first kappa shape index (κ1) is 17.2. The number of fused-ring (bicyclic) bond motifs is 5. The summed E-state index contributed by atoms with van der Waals surface area (Å²) in [7, 11) is 0. The van der Waals surface area contributed by atoms with E-state index < -0.39 is 12.1 Å². The molecule has 140 valence electrons. The lowest BCUT2D eigenvalue weighted by molar-refractivity contribution is 0.156. The Bertz CT molecular complexity index is 1160. The van der Waals surface area contributed by atoms with Crippen molar-refractivity contribution >= 4 is 33.6 Å². The van der Waals surface area contributed by atoms with Crippen LogP contribution in [0.4, 0.5) is 4.79 Å². The molecule has 2 aliphatic rings. The maximum atomic E-state index is 11.9. The highest BCUT2D eigenvalue weighted by Gasteiger charge is 2.34. The Labute approximate surface area is 172 Å². The van der Waals surface area contributed by atoms with Gasteiger partial charge in [-0.3, -0.25) is 9.47 Å². The smallest absolute Gasteiger partial charge is 0.411 e. The monoisotopic (exact) mass is 459 g/mol. The fraction of sp³-hybridized carbons (Fsp3) is 0.235. The second-order valence-corrected chi connectivity index (χ2v) is 7.65. The van der Waals surface area contributed by atoms with E-state index in [4.69, 9.17) is 16.3 Å². The summed E-state index contributed by atoms with van der Waals surface area (Å²) in [6.45, 7) is 0.514. The van der Waals surface area contributed by atoms with E-state index in [1.54, 1.807) is 11.0 Å². The van der Waals surface area contributed by atoms with Crippen LogP contribution in [-0.4, -0.2) is 48.0 Å². The Morgan fingerprint density at radius 1 is 1.43 bits per heavy atom. The summed E-state index contributed by atoms with van der Waals surface area (Å²) in [5.41, 5.74) is 2.52. The number of rotatable bonds is 2. The molecule has 1 atom stereocenters. The van der Waals surface area contributed by atoms with Gasteiger partial charge in [0.15, 0.2) is 22.8 Å². The Morgan fingerprint density at radius 3 is 3.11 bits per heavy atom. The number of ether oxygens (including phenoxy) is 1. The molecule has 1 fully saturated rings. The fourth-order valence-electron chi connectivity index (χ4n) is 3.39. The second kappa shape index (κ2) is 6.32. The molecule has 4 heterocycles. The van der Waals surface area contributed by atoms with Crippen LogP contribution in [0, 0.1) is 11.3 Å². The topological polar surface area (TPSA) is 102 Å². The van der Waals surface area contributed by atoms with Crippen molar-refractivity contribution in [3.8, 4) is 23.1 Å². The van der Waals surface area contributed by atoms with Gasteiger partial charge < -0.3 is 4.74 Å². The number of nitriles is 1. The first-order valence-electron chi connectivity index (χ1n) is 8.34. The third-order valence-corrected chi connectivity index (χ3v) is 5.53. The zero-order chi connectivity index (χ0) is 19.4. The molecule has 0 saturated carbocycles. The molecular weight excluding hydrogens is 450 g/mol. The van der Waals surface area contributed by atoms with Crippen LogP contribution >= 0.6 is 27.5 Å². The number of hydrogen-bond donors (Lipinski definition) is 0. The molecule has 0 N–H and O–H groups in total. The van der Waals surface area contributed by atoms with Crippen LogP contribution < -0.4 is 0 Å². The summed E-state index contributed by atoms with van der Waals surface area (Å²) in [4.78, 5) is 22.1. The number of benzene rings is 1. The first-order chi connectivity index (χ1) is 13.5. The van der Waals surface area contributed by atoms with Gasteiger partial charge in [-0.2, -0.15) is 10.4 Å². The van der Waals surface area contributed by atoms with E-state index in [0.29, 0.717) is 23.3 Å². The van der Waals surface area contributed by atoms with Gasteiger partial charge >= 0.3 is 6.09 Å². The average molecular weight is 461 g/mol. The van der Waals surface area contributed by atoms with Crippen molar-refractivity contribution in [2.75, 3.05) is 6.61 Å². The predicted molar refractivity (Wildman–Crippen MR) is 101 cm³/mol. The highest BCUT2D eigenvalue weighted by atomic mass is 79.9. The third kappa shape index (κ3) is 2.58. The molecule has 0 bridgehead atoms. The Hall–Kier alpha value is -2.90. The SMILES string of the molecule is N#CC1COC(=O)N1Cc1nc2n(n1)Cc1c(Cl)ncn1-c1ccc(Br)cc1-2. The summed E-state index contributed by atoms with van der Waals surface area (Å²) < 4.78 is 9.50. The molecule has 0 radical (unpaired) electrons. The minimum atomic E-state index is -0.645. The molecule has 3 aromatic rings. The number of imidazole rings is 1. The third-order valence-electron chi connectivity index (χ3n) is 4.73. The van der Waals surface area contributed by atoms with Gasteiger partial charge in [0.1, 0.15) is 12.9 Å². The van der Waals surface area contributed by atoms with Crippen LogP contribution in [0.3, 0.4) is 0 Å². The van der Waals surface area contributed by atoms with E-state index in [9.17, 15) is 10.1 Å². The van der Waals surface area contributed by atoms with Crippen LogP contribution in [0.2, 0.25) is 5.15 Å². The van der Waals surface area contributed by atoms with Crippen molar-refractivity contribution < 1.29 is 9.53 Å². The molecule has 2 aliphatic heterocycles. The van der Waals surface area contributed by atoms with Gasteiger partial charge in [-0.15, -0.1) is 0 Å². The highest BCUT2D eigenvalue weighted by Crippen LogP contribution is 2.34. The second-order valence-electron chi connectivity index (χ2n) is 6.37. The molecule has 5 rings (SSSR count). The average Bonchev–Trinajstić information content (AvgIpc) is 3.33. The van der Waals surface area contributed by atoms with Gasteiger partial charge in [0.25, 0.3) is 0 Å². The van der Waals surface area contributed by atoms with Crippen LogP contribution in [0.5, 0.6) is 0 Å². The molecule has 1 saturated heterocycles. The van der Waals surface area contributed by atoms with E-state index in [2.05, 4.69) is 37.1 Å². The molecule has 0 aliphatic carbocycles. The molecule has 28 heavy (non-hydrogen) atoms. The van der Waals surface area contributed by atoms with Gasteiger partial charge in [-0.25, -0.2) is 19.4 Å². The maximum absolute atomic E-state index is 11.9. The summed E-state index contributed by atoms with van der Waals surface area (Å²) in [6, 6.07) is 7.25. The molecule has 1 aromatic carbocycles. The Kier molecular flexibility index (Phi) is 3.89. The van der Waals surface area contributed by atoms with E-state index in [0.717, 1.165) is 21.4 Å². The lowest BCUT2D eigenvalue weighted by Crippen LogP contribution is -2.32. The molecule has 1 amide bonds. The maximum Gasteiger partial charge on any atom is 0.411 e. The van der Waals surface area contributed by atoms with E-state index in [-0.39, 0.29) is 13.2 Å². The van der Waals surface area contributed by atoms with Gasteiger partial charge in [0.05, 0.1) is 30.5 Å². The predicted octanol–water partition coefficient (Wildman–Crippen LogP) is 2.75. The van der Waals surface area contributed by atoms with Gasteiger partial charge in [0.2, 0.25) is 0 Å². The zero-order valence-electron chi connectivity index (χ0n) is 14.2. The lowest BCUT2D eigenvalue weighted by Gasteiger charge is -2.13. The number of hydrogen-bond acceptors (Lipinski definition) is 6. The van der Waals surface area contributed by atoms with E-state index in [1.807, 2.05) is 22.8 Å². The van der Waals surface area contributed by atoms with E-state index >= 15 is 0 Å². The molecule has 9 nitrogen and oxygen atoms in total. The largest absolute Gasteiger partial charge is 0.446 e. The minimum absolute atomic E-state index is 0.0491. The normalized spacial score (nSPS) is 17.4. The van der Waals surface area contributed by atoms with Gasteiger partial charge in [0, 0.05) is 10.0 Å². The number of amides is 1. The summed E-state index contributed by atoms with van der Waals surface area (Å²) in [5, 5.41) is 14.2. The zero-order valence-corrected chi connectivity index (χ0v) is 16.6. The summed E-state index contributed by atoms with van der Waals surface area (Å²) >= 11 is 9.79. The quantitative estimate of drug-likeness (QED) is 0.456. The molecule has 11 heteroatoms. The first-order valence-corrected chi connectivity index (χ1v) is 9.51. The van der Waals surface area contributed by atoms with Crippen molar-refractivity contribution in [1.82, 2.24) is 29.2 Å². The minimum Gasteiger partial charge on any atom is -0.446 e. The molecule has 0 spiro atoms. The number of aromatic nitrogens is 5. The highest BCUT2D eigenvalue weighted by molar-refractivity contribution is 9.10. The van der Waals surface area contributed by atoms with E-state index in [1.165, 1.54) is 4.90 Å². The van der Waals surface area contributed by atoms with Crippen LogP contribution in [0.15, 0.2) is 29.0 Å². The summed E-state index contributed by atoms with van der Waals surface area (Å²) in [6.07, 6.45) is 1.14. The number of carbonyl (C=O) groups excluding carboxylic acids is 1. The standard InChI is InChI=1S/C17H11BrClN7O2/c18-9-1-2-12-11(3-9)16-22-14(6-24-10(4-20)7-28-17(24)27)23-26(16)5-13-15(19)21-8-25(12)13/h1-3,8,10H,5-7H2.